The topological polar surface area (TPSA) is 33.5 Å². The van der Waals surface area contributed by atoms with Crippen LogP contribution >= 0.6 is 0 Å². The predicted molar refractivity (Wildman–Crippen MR) is 290 cm³/mol. The molecule has 0 spiro atoms. The van der Waals surface area contributed by atoms with E-state index < -0.39 is 0 Å². The fourth-order valence-electron chi connectivity index (χ4n) is 9.20. The van der Waals surface area contributed by atoms with E-state index in [0.29, 0.717) is 39.1 Å². The second-order valence-electron chi connectivity index (χ2n) is 22.5. The third-order valence-electron chi connectivity index (χ3n) is 13.3. The maximum atomic E-state index is 9.14. The first-order valence-corrected chi connectivity index (χ1v) is 24.0. The van der Waals surface area contributed by atoms with Crippen LogP contribution in [0.25, 0.3) is 49.9 Å². The van der Waals surface area contributed by atoms with Gasteiger partial charge in [-0.05, 0) is 85.2 Å². The van der Waals surface area contributed by atoms with E-state index in [1.807, 2.05) is 30.3 Å². The van der Waals surface area contributed by atoms with Gasteiger partial charge in [-0.2, -0.15) is 6.07 Å². The number of fused-ring (bicyclic) bond motifs is 4. The number of para-hydroxylation sites is 4. The maximum Gasteiger partial charge on any atom is 0.135 e. The summed E-state index contributed by atoms with van der Waals surface area (Å²) in [6.07, 6.45) is 1.75. The van der Waals surface area contributed by atoms with E-state index in [2.05, 4.69) is 209 Å². The van der Waals surface area contributed by atoms with Crippen molar-refractivity contribution in [3.05, 3.63) is 199 Å². The molecule has 0 N–H and O–H groups in total. The van der Waals surface area contributed by atoms with Gasteiger partial charge < -0.3 is 19.1 Å². The molecule has 0 radical (unpaired) electrons. The summed E-state index contributed by atoms with van der Waals surface area (Å²) in [5.41, 5.74) is 13.3. The second-order valence-corrected chi connectivity index (χ2v) is 22.5. The molecule has 9 aromatic rings. The zero-order valence-electron chi connectivity index (χ0n) is 46.3. The van der Waals surface area contributed by atoms with Crippen LogP contribution in [-0.2, 0) is 42.7 Å². The minimum Gasteiger partial charge on any atom is -0.509 e. The Bertz CT molecular complexity index is 3600. The number of pyridine rings is 1. The van der Waals surface area contributed by atoms with Crippen LogP contribution in [0.2, 0.25) is 0 Å². The minimum atomic E-state index is -0.311. The average molecular weight is 1100 g/mol. The third kappa shape index (κ3) is 9.22. The number of rotatable bonds is 7. The Balaban J connectivity index is 0.00000672. The summed E-state index contributed by atoms with van der Waals surface area (Å²) in [4.78, 5) is 9.31. The Kier molecular flexibility index (Phi) is 11.3. The maximum absolute atomic E-state index is 9.14. The van der Waals surface area contributed by atoms with Crippen molar-refractivity contribution in [2.45, 2.75) is 105 Å². The van der Waals surface area contributed by atoms with Crippen LogP contribution in [-0.4, -0.2) is 9.55 Å². The van der Waals surface area contributed by atoms with Gasteiger partial charge in [0.05, 0.1) is 5.48 Å². The smallest absolute Gasteiger partial charge is 0.135 e. The van der Waals surface area contributed by atoms with Crippen LogP contribution in [0.3, 0.4) is 0 Å². The van der Waals surface area contributed by atoms with Gasteiger partial charge in [0.2, 0.25) is 0 Å². The van der Waals surface area contributed by atoms with Crippen molar-refractivity contribution in [2.24, 2.45) is 0 Å². The van der Waals surface area contributed by atoms with Crippen molar-refractivity contribution in [3.63, 3.8) is 0 Å². The van der Waals surface area contributed by atoms with E-state index in [4.69, 9.17) is 15.2 Å². The van der Waals surface area contributed by atoms with Crippen LogP contribution in [0.4, 0.5) is 22.7 Å². The molecule has 0 unspecified atom stereocenters. The third-order valence-corrected chi connectivity index (χ3v) is 13.3. The van der Waals surface area contributed by atoms with E-state index in [-0.39, 0.29) is 66.9 Å². The standard InChI is InChI=1S/C64H63N4O.Pt/c1-61(2,3)44-31-32-65-59(38-44)68-55-26-17-16-23-53(55)54-30-29-49(40-58(54)68)69-50-37-47(64(10,11)12)36-48(39-50)66-41-67(57-28-19-18-27-56(57)66)60-51(42-21-14-13-15-22-42)24-20-25-52(60)43-33-45(62(4,5)6)35-46(34-43)63(7,8)9;/h13-38,41H,1-12H3;/q-3;/i16D,17D,23D,26D;. The number of hydrogen-bond donors (Lipinski definition) is 0. The molecule has 0 bridgehead atoms. The van der Waals surface area contributed by atoms with Crippen molar-refractivity contribution in [1.29, 1.82) is 0 Å². The summed E-state index contributed by atoms with van der Waals surface area (Å²) in [5, 5.41) is 1.01. The van der Waals surface area contributed by atoms with Crippen molar-refractivity contribution >= 4 is 44.6 Å². The van der Waals surface area contributed by atoms with Gasteiger partial charge in [0.1, 0.15) is 5.82 Å². The second kappa shape index (κ2) is 18.1. The van der Waals surface area contributed by atoms with E-state index >= 15 is 0 Å². The van der Waals surface area contributed by atoms with Crippen molar-refractivity contribution < 1.29 is 31.3 Å². The van der Waals surface area contributed by atoms with Gasteiger partial charge in [0.25, 0.3) is 0 Å². The molecule has 0 amide bonds. The first kappa shape index (κ1) is 43.6. The summed E-state index contributed by atoms with van der Waals surface area (Å²) < 4.78 is 44.1. The minimum absolute atomic E-state index is 0. The van der Waals surface area contributed by atoms with E-state index in [9.17, 15) is 0 Å². The molecular formula is C64H63N4OPt-3. The fourth-order valence-corrected chi connectivity index (χ4v) is 9.20. The van der Waals surface area contributed by atoms with Gasteiger partial charge in [-0.3, -0.25) is 0 Å². The Morgan fingerprint density at radius 1 is 0.529 bits per heavy atom. The van der Waals surface area contributed by atoms with Crippen LogP contribution in [0, 0.1) is 18.8 Å². The van der Waals surface area contributed by atoms with Gasteiger partial charge in [0, 0.05) is 72.5 Å². The largest absolute Gasteiger partial charge is 0.509 e. The molecule has 7 aromatic carbocycles. The summed E-state index contributed by atoms with van der Waals surface area (Å²) >= 11 is 0. The van der Waals surface area contributed by atoms with Gasteiger partial charge in [0.15, 0.2) is 0 Å². The molecule has 5 nitrogen and oxygen atoms in total. The molecule has 1 aliphatic rings. The molecule has 0 saturated carbocycles. The first-order valence-electron chi connectivity index (χ1n) is 26.0. The van der Waals surface area contributed by atoms with Crippen molar-refractivity contribution in [1.82, 2.24) is 9.55 Å². The number of anilines is 4. The Labute approximate surface area is 436 Å². The molecule has 0 aliphatic carbocycles. The van der Waals surface area contributed by atoms with E-state index in [1.165, 1.54) is 11.1 Å². The first-order chi connectivity index (χ1) is 34.4. The monoisotopic (exact) mass is 1100 g/mol. The molecule has 0 saturated heterocycles. The van der Waals surface area contributed by atoms with E-state index in [1.54, 1.807) is 10.8 Å². The fraction of sp³-hybridized carbons (Fsp3) is 0.250. The summed E-state index contributed by atoms with van der Waals surface area (Å²) in [6, 6.07) is 51.1. The predicted octanol–water partition coefficient (Wildman–Crippen LogP) is 17.5. The average Bonchev–Trinajstić information content (AvgIpc) is 3.90. The molecule has 1 aliphatic heterocycles. The van der Waals surface area contributed by atoms with Crippen LogP contribution in [0.5, 0.6) is 11.5 Å². The number of benzene rings is 7. The Hall–Kier alpha value is -6.42. The molecule has 0 atom stereocenters. The van der Waals surface area contributed by atoms with Crippen LogP contribution in [0.15, 0.2) is 158 Å². The number of nitrogens with zero attached hydrogens (tertiary/aromatic N) is 4. The zero-order chi connectivity index (χ0) is 52.1. The quantitative estimate of drug-likeness (QED) is 0.149. The molecule has 10 rings (SSSR count). The molecule has 6 heteroatoms. The molecular weight excluding hydrogens is 1040 g/mol. The Morgan fingerprint density at radius 2 is 1.13 bits per heavy atom. The molecule has 0 fully saturated rings. The van der Waals surface area contributed by atoms with Crippen LogP contribution < -0.4 is 14.5 Å². The van der Waals surface area contributed by atoms with E-state index in [0.717, 1.165) is 56.1 Å². The van der Waals surface area contributed by atoms with Crippen LogP contribution in [0.1, 0.15) is 111 Å². The van der Waals surface area contributed by atoms with Gasteiger partial charge in [-0.15, -0.1) is 53.6 Å². The number of aromatic nitrogens is 2. The number of ether oxygens (including phenoxy) is 1. The molecule has 2 aromatic heterocycles. The number of hydrogen-bond acceptors (Lipinski definition) is 4. The molecule has 3 heterocycles. The SMILES string of the molecule is [2H]c1c([2H])c([2H])c2c(c1[2H])c1ccc(Oc3[c-]c(N4[CH-]N(c5c(-c6ccccc6)cccc5-c5cc(C(C)(C)C)cc(C(C)(C)C)c5)c5ccccc54)cc(C(C)(C)C)c3)[c-]c1n2-c1cc(C(C)(C)C)ccn1.[Pt]. The summed E-state index contributed by atoms with van der Waals surface area (Å²) in [7, 11) is 0. The van der Waals surface area contributed by atoms with Crippen molar-refractivity contribution in [3.8, 4) is 39.6 Å². The van der Waals surface area contributed by atoms with Gasteiger partial charge in [-0.25, -0.2) is 4.98 Å². The van der Waals surface area contributed by atoms with Crippen molar-refractivity contribution in [2.75, 3.05) is 9.80 Å². The normalized spacial score (nSPS) is 14.0. The zero-order valence-corrected chi connectivity index (χ0v) is 44.6. The van der Waals surface area contributed by atoms with Gasteiger partial charge in [-0.1, -0.05) is 186 Å². The molecule has 70 heavy (non-hydrogen) atoms. The summed E-state index contributed by atoms with van der Waals surface area (Å²) in [5.74, 6) is 1.41. The molecule has 358 valence electrons. The Morgan fingerprint density at radius 3 is 1.79 bits per heavy atom. The summed E-state index contributed by atoms with van der Waals surface area (Å²) in [6.45, 7) is 28.9. The van der Waals surface area contributed by atoms with Gasteiger partial charge >= 0.3 is 0 Å².